The predicted octanol–water partition coefficient (Wildman–Crippen LogP) is 2.33. The van der Waals surface area contributed by atoms with Gasteiger partial charge in [0.2, 0.25) is 5.82 Å². The number of hydrogen-bond acceptors (Lipinski definition) is 3. The monoisotopic (exact) mass is 356 g/mol. The van der Waals surface area contributed by atoms with Crippen molar-refractivity contribution in [2.45, 2.75) is 24.7 Å². The molecule has 3 aliphatic rings. The van der Waals surface area contributed by atoms with E-state index in [1.54, 1.807) is 25.1 Å². The fraction of sp³-hybridized carbons (Fsp3) is 0.316. The van der Waals surface area contributed by atoms with Crippen molar-refractivity contribution in [3.05, 3.63) is 65.3 Å². The Bertz CT molecular complexity index is 951. The number of allylic oxidation sites excluding steroid dienone is 3. The smallest absolute Gasteiger partial charge is 0.245 e. The lowest BCUT2D eigenvalue weighted by atomic mass is 10.1. The lowest BCUT2D eigenvalue weighted by Crippen LogP contribution is -2.41. The van der Waals surface area contributed by atoms with Crippen LogP contribution in [0.1, 0.15) is 18.4 Å². The SMILES string of the molecule is Cc1ccccc1S(=O)(=O)NC1=CC=[N+](C)C2=CC(C3CC3)=CCN12. The molecule has 2 aliphatic heterocycles. The quantitative estimate of drug-likeness (QED) is 0.843. The van der Waals surface area contributed by atoms with E-state index < -0.39 is 10.0 Å². The molecule has 25 heavy (non-hydrogen) atoms. The Balaban J connectivity index is 1.64. The summed E-state index contributed by atoms with van der Waals surface area (Å²) < 4.78 is 30.4. The molecule has 1 aromatic carbocycles. The average molecular weight is 356 g/mol. The Morgan fingerprint density at radius 1 is 1.24 bits per heavy atom. The van der Waals surface area contributed by atoms with Crippen LogP contribution in [0, 0.1) is 12.8 Å². The molecule has 1 N–H and O–H groups in total. The van der Waals surface area contributed by atoms with E-state index in [2.05, 4.69) is 16.9 Å². The third-order valence-corrected chi connectivity index (χ3v) is 6.38. The molecule has 1 saturated carbocycles. The van der Waals surface area contributed by atoms with E-state index in [1.807, 2.05) is 34.9 Å². The van der Waals surface area contributed by atoms with Gasteiger partial charge in [0.15, 0.2) is 0 Å². The number of rotatable bonds is 4. The van der Waals surface area contributed by atoms with E-state index in [0.29, 0.717) is 23.2 Å². The molecule has 0 aromatic heterocycles. The topological polar surface area (TPSA) is 52.4 Å². The molecule has 1 aromatic rings. The van der Waals surface area contributed by atoms with E-state index >= 15 is 0 Å². The standard InChI is InChI=1S/C19H21N3O2S/c1-14-5-3-4-6-17(14)25(23,24)20-18-10-11-21(2)19-13-16(15-7-8-15)9-12-22(18)19/h3-6,9-11,13,15H,7-8,12H2,1-2H3/p+1. The summed E-state index contributed by atoms with van der Waals surface area (Å²) in [4.78, 5) is 2.31. The van der Waals surface area contributed by atoms with Crippen molar-refractivity contribution in [1.29, 1.82) is 0 Å². The zero-order valence-corrected chi connectivity index (χ0v) is 15.3. The van der Waals surface area contributed by atoms with Crippen LogP contribution < -0.4 is 4.72 Å². The number of benzene rings is 1. The van der Waals surface area contributed by atoms with Gasteiger partial charge in [-0.05, 0) is 49.0 Å². The number of nitrogens with zero attached hydrogens (tertiary/aromatic N) is 2. The molecule has 0 radical (unpaired) electrons. The second-order valence-electron chi connectivity index (χ2n) is 6.77. The molecule has 1 aliphatic carbocycles. The first-order valence-electron chi connectivity index (χ1n) is 8.51. The van der Waals surface area contributed by atoms with Gasteiger partial charge in [0.1, 0.15) is 6.54 Å². The summed E-state index contributed by atoms with van der Waals surface area (Å²) in [7, 11) is -1.64. The summed E-state index contributed by atoms with van der Waals surface area (Å²) in [6.07, 6.45) is 10.6. The number of nitrogens with one attached hydrogen (secondary N) is 1. The van der Waals surface area contributed by atoms with Crippen molar-refractivity contribution in [3.8, 4) is 0 Å². The summed E-state index contributed by atoms with van der Waals surface area (Å²) >= 11 is 0. The molecule has 0 atom stereocenters. The van der Waals surface area contributed by atoms with Crippen LogP contribution in [0.4, 0.5) is 0 Å². The second kappa shape index (κ2) is 5.88. The zero-order chi connectivity index (χ0) is 17.6. The highest BCUT2D eigenvalue weighted by molar-refractivity contribution is 7.89. The summed E-state index contributed by atoms with van der Waals surface area (Å²) in [5.41, 5.74) is 2.10. The fourth-order valence-corrected chi connectivity index (χ4v) is 4.59. The normalized spacial score (nSPS) is 20.2. The lowest BCUT2D eigenvalue weighted by Gasteiger charge is -2.27. The van der Waals surface area contributed by atoms with Gasteiger partial charge in [-0.25, -0.2) is 22.6 Å². The molecule has 5 nitrogen and oxygen atoms in total. The Kier molecular flexibility index (Phi) is 3.80. The number of hydrogen-bond donors (Lipinski definition) is 1. The molecule has 4 rings (SSSR count). The van der Waals surface area contributed by atoms with E-state index in [-0.39, 0.29) is 0 Å². The maximum absolute atomic E-state index is 12.8. The fourth-order valence-electron chi connectivity index (χ4n) is 3.28. The molecule has 130 valence electrons. The van der Waals surface area contributed by atoms with Gasteiger partial charge in [-0.1, -0.05) is 18.2 Å². The maximum atomic E-state index is 12.8. The van der Waals surface area contributed by atoms with Gasteiger partial charge in [0, 0.05) is 12.2 Å². The minimum absolute atomic E-state index is 0.312. The maximum Gasteiger partial charge on any atom is 0.283 e. The molecular weight excluding hydrogens is 334 g/mol. The van der Waals surface area contributed by atoms with Crippen LogP contribution >= 0.6 is 0 Å². The Labute approximate surface area is 148 Å². The van der Waals surface area contributed by atoms with Crippen molar-refractivity contribution >= 4 is 16.2 Å². The highest BCUT2D eigenvalue weighted by Gasteiger charge is 2.35. The second-order valence-corrected chi connectivity index (χ2v) is 8.43. The third kappa shape index (κ3) is 3.02. The van der Waals surface area contributed by atoms with Gasteiger partial charge in [-0.15, -0.1) is 0 Å². The Hall–Kier alpha value is -2.34. The van der Waals surface area contributed by atoms with Crippen LogP contribution in [0.25, 0.3) is 0 Å². The van der Waals surface area contributed by atoms with Crippen LogP contribution in [0.5, 0.6) is 0 Å². The molecule has 0 amide bonds. The Morgan fingerprint density at radius 2 is 2.00 bits per heavy atom. The summed E-state index contributed by atoms with van der Waals surface area (Å²) in [5, 5.41) is 0. The molecule has 0 spiro atoms. The van der Waals surface area contributed by atoms with Crippen LogP contribution in [-0.2, 0) is 10.0 Å². The number of fused-ring (bicyclic) bond motifs is 1. The van der Waals surface area contributed by atoms with Crippen molar-refractivity contribution in [2.75, 3.05) is 13.6 Å². The minimum atomic E-state index is -3.62. The van der Waals surface area contributed by atoms with Gasteiger partial charge in [0.05, 0.1) is 18.2 Å². The number of aryl methyl sites for hydroxylation is 1. The molecular formula is C19H22N3O2S+. The highest BCUT2D eigenvalue weighted by atomic mass is 32.2. The van der Waals surface area contributed by atoms with Gasteiger partial charge in [-0.2, -0.15) is 0 Å². The van der Waals surface area contributed by atoms with Crippen LogP contribution in [0.3, 0.4) is 0 Å². The van der Waals surface area contributed by atoms with Gasteiger partial charge >= 0.3 is 0 Å². The van der Waals surface area contributed by atoms with Crippen molar-refractivity contribution in [1.82, 2.24) is 9.62 Å². The predicted molar refractivity (Wildman–Crippen MR) is 97.4 cm³/mol. The van der Waals surface area contributed by atoms with E-state index in [4.69, 9.17) is 0 Å². The van der Waals surface area contributed by atoms with Crippen molar-refractivity contribution in [3.63, 3.8) is 0 Å². The first kappa shape index (κ1) is 16.1. The molecule has 1 fully saturated rings. The summed E-state index contributed by atoms with van der Waals surface area (Å²) in [6, 6.07) is 7.02. The Morgan fingerprint density at radius 3 is 2.72 bits per heavy atom. The molecule has 0 unspecified atom stereocenters. The molecule has 2 heterocycles. The minimum Gasteiger partial charge on any atom is -0.245 e. The van der Waals surface area contributed by atoms with E-state index in [1.165, 1.54) is 18.4 Å². The summed E-state index contributed by atoms with van der Waals surface area (Å²) in [5.74, 6) is 2.27. The van der Waals surface area contributed by atoms with Gasteiger partial charge in [-0.3, -0.25) is 0 Å². The number of sulfonamides is 1. The zero-order valence-electron chi connectivity index (χ0n) is 14.4. The van der Waals surface area contributed by atoms with E-state index in [0.717, 1.165) is 11.4 Å². The van der Waals surface area contributed by atoms with Gasteiger partial charge < -0.3 is 0 Å². The summed E-state index contributed by atoms with van der Waals surface area (Å²) in [6.45, 7) is 2.48. The third-order valence-electron chi connectivity index (χ3n) is 4.86. The van der Waals surface area contributed by atoms with Gasteiger partial charge in [0.25, 0.3) is 15.8 Å². The van der Waals surface area contributed by atoms with Crippen LogP contribution in [-0.4, -0.2) is 37.7 Å². The van der Waals surface area contributed by atoms with Crippen LogP contribution in [0.2, 0.25) is 0 Å². The first-order valence-corrected chi connectivity index (χ1v) is 10.00. The highest BCUT2D eigenvalue weighted by Crippen LogP contribution is 2.39. The van der Waals surface area contributed by atoms with Crippen molar-refractivity contribution < 1.29 is 13.0 Å². The lowest BCUT2D eigenvalue weighted by molar-refractivity contribution is -0.458. The van der Waals surface area contributed by atoms with Crippen LogP contribution in [0.15, 0.2) is 64.6 Å². The largest absolute Gasteiger partial charge is 0.283 e. The van der Waals surface area contributed by atoms with Crippen molar-refractivity contribution in [2.24, 2.45) is 5.92 Å². The molecule has 0 bridgehead atoms. The molecule has 6 heteroatoms. The average Bonchev–Trinajstić information content (AvgIpc) is 3.42. The molecule has 0 saturated heterocycles. The first-order chi connectivity index (χ1) is 12.0. The van der Waals surface area contributed by atoms with E-state index in [9.17, 15) is 8.42 Å².